The molecule has 0 aromatic carbocycles. The second kappa shape index (κ2) is 6.93. The zero-order chi connectivity index (χ0) is 18.5. The number of ketones is 1. The first kappa shape index (κ1) is 19.0. The van der Waals surface area contributed by atoms with Gasteiger partial charge in [0, 0.05) is 7.85 Å². The zero-order valence-corrected chi connectivity index (χ0v) is 17.9. The molecular formula is C25H44O. The van der Waals surface area contributed by atoms with Gasteiger partial charge in [-0.3, -0.25) is 0 Å². The van der Waals surface area contributed by atoms with Crippen LogP contribution >= 0.6 is 0 Å². The van der Waals surface area contributed by atoms with Crippen LogP contribution in [0.1, 0.15) is 106 Å². The molecule has 0 bridgehead atoms. The average Bonchev–Trinajstić information content (AvgIpc) is 2.92. The lowest BCUT2D eigenvalue weighted by Crippen LogP contribution is -2.55. The summed E-state index contributed by atoms with van der Waals surface area (Å²) in [4.78, 5) is 11.4. The normalized spacial score (nSPS) is 50.6. The Morgan fingerprint density at radius 1 is 1.00 bits per heavy atom. The van der Waals surface area contributed by atoms with Crippen LogP contribution in [0, 0.1) is 46.3 Å². The van der Waals surface area contributed by atoms with Crippen molar-refractivity contribution >= 4 is 5.78 Å². The third-order valence-corrected chi connectivity index (χ3v) is 10.2. The van der Waals surface area contributed by atoms with Crippen molar-refractivity contribution in [3.05, 3.63) is 0 Å². The van der Waals surface area contributed by atoms with E-state index < -0.39 is 0 Å². The summed E-state index contributed by atoms with van der Waals surface area (Å²) in [6.45, 7) is 9.72. The summed E-state index contributed by atoms with van der Waals surface area (Å²) >= 11 is 0. The van der Waals surface area contributed by atoms with Gasteiger partial charge in [-0.15, -0.1) is 0 Å². The molecular weight excluding hydrogens is 316 g/mol. The molecule has 0 heterocycles. The summed E-state index contributed by atoms with van der Waals surface area (Å²) in [6, 6.07) is 0. The van der Waals surface area contributed by atoms with Gasteiger partial charge in [0.15, 0.2) is 0 Å². The minimum Gasteiger partial charge on any atom is -0.300 e. The van der Waals surface area contributed by atoms with Crippen molar-refractivity contribution < 1.29 is 6.22 Å². The number of carbonyl (C=O) groups excluding carboxylic acids is 1. The van der Waals surface area contributed by atoms with Crippen molar-refractivity contribution in [2.45, 2.75) is 105 Å². The number of fused-ring (bicyclic) bond motifs is 5. The second-order valence-electron chi connectivity index (χ2n) is 11.4. The molecule has 0 aromatic heterocycles. The lowest BCUT2D eigenvalue weighted by Gasteiger charge is -2.62. The number of rotatable bonds is 4. The first-order chi connectivity index (χ1) is 12.4. The number of hydrogen-bond donors (Lipinski definition) is 0. The molecule has 26 heavy (non-hydrogen) atoms. The maximum Gasteiger partial charge on any atom is 0.129 e. The first-order valence-electron chi connectivity index (χ1n) is 11.9. The molecule has 150 valence electrons. The molecule has 0 aromatic rings. The molecule has 0 aliphatic heterocycles. The minimum atomic E-state index is 0. The lowest BCUT2D eigenvalue weighted by molar-refractivity contribution is -0.135. The Kier molecular flexibility index (Phi) is 5.06. The number of carbonyl (C=O) groups is 1. The van der Waals surface area contributed by atoms with E-state index in [1.54, 1.807) is 6.92 Å². The van der Waals surface area contributed by atoms with E-state index in [4.69, 9.17) is 0 Å². The predicted molar refractivity (Wildman–Crippen MR) is 111 cm³/mol. The van der Waals surface area contributed by atoms with Gasteiger partial charge in [0.1, 0.15) is 5.78 Å². The maximum absolute atomic E-state index is 11.4. The topological polar surface area (TPSA) is 17.1 Å². The van der Waals surface area contributed by atoms with E-state index in [1.807, 2.05) is 0 Å². The number of Topliss-reactive ketones (excluding diaryl/α,β-unsaturated/α-hetero) is 1. The van der Waals surface area contributed by atoms with Crippen LogP contribution in [-0.4, -0.2) is 5.78 Å². The van der Waals surface area contributed by atoms with Gasteiger partial charge in [0.25, 0.3) is 0 Å². The molecule has 0 amide bonds. The molecule has 1 heteroatoms. The Balaban J connectivity index is 0.00000210. The maximum atomic E-state index is 11.4. The molecule has 4 rings (SSSR count). The summed E-state index contributed by atoms with van der Waals surface area (Å²) in [5.74, 6) is 6.19. The molecule has 0 saturated heterocycles. The van der Waals surface area contributed by atoms with Gasteiger partial charge in [-0.2, -0.15) is 0 Å². The zero-order valence-electron chi connectivity index (χ0n) is 17.9. The second-order valence-corrected chi connectivity index (χ2v) is 11.4. The fraction of sp³-hybridized carbons (Fsp3) is 0.960. The summed E-state index contributed by atoms with van der Waals surface area (Å²) in [5.41, 5.74) is 1.23. The van der Waals surface area contributed by atoms with Crippen molar-refractivity contribution in [3.8, 4) is 0 Å². The highest BCUT2D eigenvalue weighted by molar-refractivity contribution is 5.75. The smallest absolute Gasteiger partial charge is 0.129 e. The third-order valence-electron chi connectivity index (χ3n) is 10.2. The fourth-order valence-electron chi connectivity index (χ4n) is 8.85. The lowest BCUT2D eigenvalue weighted by atomic mass is 9.43. The van der Waals surface area contributed by atoms with E-state index in [0.29, 0.717) is 16.6 Å². The van der Waals surface area contributed by atoms with E-state index in [9.17, 15) is 4.79 Å². The van der Waals surface area contributed by atoms with E-state index in [-0.39, 0.29) is 1.43 Å². The Morgan fingerprint density at radius 3 is 2.54 bits per heavy atom. The van der Waals surface area contributed by atoms with Crippen molar-refractivity contribution in [3.63, 3.8) is 0 Å². The Labute approximate surface area is 163 Å². The van der Waals surface area contributed by atoms with Gasteiger partial charge in [0.05, 0.1) is 0 Å². The summed E-state index contributed by atoms with van der Waals surface area (Å²) < 4.78 is 0. The molecule has 1 nitrogen and oxygen atoms in total. The summed E-state index contributed by atoms with van der Waals surface area (Å²) in [6.07, 6.45) is 16.6. The third kappa shape index (κ3) is 2.91. The SMILES string of the molecule is CC(=O)CCCC1CCC2C3C(C)CC4CCCCC4(C)C3CCC12C.[HH]. The summed E-state index contributed by atoms with van der Waals surface area (Å²) in [5, 5.41) is 0. The van der Waals surface area contributed by atoms with Crippen molar-refractivity contribution in [1.82, 2.24) is 0 Å². The molecule has 0 spiro atoms. The average molecular weight is 361 g/mol. The van der Waals surface area contributed by atoms with Crippen LogP contribution in [0.3, 0.4) is 0 Å². The Morgan fingerprint density at radius 2 is 1.77 bits per heavy atom. The van der Waals surface area contributed by atoms with Crippen molar-refractivity contribution in [2.24, 2.45) is 46.3 Å². The molecule has 4 aliphatic rings. The standard InChI is InChI=1S/C25H42O.H2/c1-17-16-20-9-5-6-14-24(20,3)22-13-15-25(4)19(10-7-8-18(2)26)11-12-21(25)23(17)22;/h17,19-23H,5-16H2,1-4H3;1H. The molecule has 4 saturated carbocycles. The molecule has 8 unspecified atom stereocenters. The molecule has 0 radical (unpaired) electrons. The minimum absolute atomic E-state index is 0. The van der Waals surface area contributed by atoms with Crippen molar-refractivity contribution in [2.75, 3.05) is 0 Å². The van der Waals surface area contributed by atoms with Gasteiger partial charge >= 0.3 is 0 Å². The van der Waals surface area contributed by atoms with Gasteiger partial charge < -0.3 is 4.79 Å². The van der Waals surface area contributed by atoms with Crippen LogP contribution < -0.4 is 0 Å². The number of hydrogen-bond acceptors (Lipinski definition) is 1. The Bertz CT molecular complexity index is 544. The summed E-state index contributed by atoms with van der Waals surface area (Å²) in [7, 11) is 0. The van der Waals surface area contributed by atoms with Crippen LogP contribution in [0.2, 0.25) is 0 Å². The van der Waals surface area contributed by atoms with Gasteiger partial charge in [-0.25, -0.2) is 0 Å². The molecule has 4 aliphatic carbocycles. The predicted octanol–water partition coefficient (Wildman–Crippen LogP) is 7.29. The molecule has 0 N–H and O–H groups in total. The monoisotopic (exact) mass is 360 g/mol. The van der Waals surface area contributed by atoms with Crippen LogP contribution in [0.15, 0.2) is 0 Å². The Hall–Kier alpha value is -0.330. The van der Waals surface area contributed by atoms with Crippen LogP contribution in [-0.2, 0) is 4.79 Å². The highest BCUT2D eigenvalue weighted by Gasteiger charge is 2.60. The fourth-order valence-corrected chi connectivity index (χ4v) is 8.85. The van der Waals surface area contributed by atoms with Crippen LogP contribution in [0.5, 0.6) is 0 Å². The van der Waals surface area contributed by atoms with Gasteiger partial charge in [-0.1, -0.05) is 33.6 Å². The highest BCUT2D eigenvalue weighted by Crippen LogP contribution is 2.69. The quantitative estimate of drug-likeness (QED) is 0.514. The highest BCUT2D eigenvalue weighted by atomic mass is 16.1. The molecule has 4 fully saturated rings. The van der Waals surface area contributed by atoms with Gasteiger partial charge in [0.2, 0.25) is 0 Å². The van der Waals surface area contributed by atoms with Crippen LogP contribution in [0.25, 0.3) is 0 Å². The van der Waals surface area contributed by atoms with E-state index in [2.05, 4.69) is 20.8 Å². The van der Waals surface area contributed by atoms with E-state index >= 15 is 0 Å². The largest absolute Gasteiger partial charge is 0.300 e. The van der Waals surface area contributed by atoms with E-state index in [1.165, 1.54) is 64.2 Å². The molecule has 8 atom stereocenters. The first-order valence-corrected chi connectivity index (χ1v) is 11.9. The van der Waals surface area contributed by atoms with E-state index in [0.717, 1.165) is 48.3 Å². The van der Waals surface area contributed by atoms with Crippen molar-refractivity contribution in [1.29, 1.82) is 0 Å². The van der Waals surface area contributed by atoms with Gasteiger partial charge in [-0.05, 0) is 111 Å². The van der Waals surface area contributed by atoms with Crippen LogP contribution in [0.4, 0.5) is 0 Å².